The molecule has 31 heavy (non-hydrogen) atoms. The molecule has 0 spiro atoms. The molecule has 0 fully saturated rings. The number of aryl methyl sites for hydroxylation is 1. The van der Waals surface area contributed by atoms with Crippen LogP contribution < -0.4 is 14.8 Å². The third-order valence-electron chi connectivity index (χ3n) is 6.05. The Bertz CT molecular complexity index is 1260. The lowest BCUT2D eigenvalue weighted by Crippen LogP contribution is -2.32. The van der Waals surface area contributed by atoms with E-state index in [1.807, 2.05) is 12.1 Å². The summed E-state index contributed by atoms with van der Waals surface area (Å²) in [5.74, 6) is 2.54. The van der Waals surface area contributed by atoms with Gasteiger partial charge in [-0.25, -0.2) is 0 Å². The zero-order valence-corrected chi connectivity index (χ0v) is 18.7. The Kier molecular flexibility index (Phi) is 4.44. The molecule has 3 heteroatoms. The van der Waals surface area contributed by atoms with Crippen LogP contribution in [-0.4, -0.2) is 12.6 Å². The van der Waals surface area contributed by atoms with Crippen LogP contribution in [0, 0.1) is 6.92 Å². The van der Waals surface area contributed by atoms with Gasteiger partial charge in [0.1, 0.15) is 17.3 Å². The molecule has 0 aromatic heterocycles. The highest BCUT2D eigenvalue weighted by atomic mass is 16.5. The fraction of sp³-hybridized carbons (Fsp3) is 0.214. The van der Waals surface area contributed by atoms with E-state index in [2.05, 4.69) is 87.6 Å². The monoisotopic (exact) mass is 409 g/mol. The topological polar surface area (TPSA) is 30.5 Å². The number of anilines is 1. The molecule has 0 bridgehead atoms. The minimum Gasteiger partial charge on any atom is -0.497 e. The van der Waals surface area contributed by atoms with Gasteiger partial charge in [-0.05, 0) is 80.3 Å². The minimum atomic E-state index is -0.0954. The normalized spacial score (nSPS) is 16.9. The first-order valence-corrected chi connectivity index (χ1v) is 10.7. The number of benzene rings is 3. The van der Waals surface area contributed by atoms with E-state index in [4.69, 9.17) is 9.47 Å². The molecule has 0 saturated carbocycles. The second-order valence-electron chi connectivity index (χ2n) is 8.91. The fourth-order valence-electron chi connectivity index (χ4n) is 4.69. The van der Waals surface area contributed by atoms with E-state index in [1.165, 1.54) is 16.7 Å². The van der Waals surface area contributed by atoms with E-state index in [9.17, 15) is 0 Å². The predicted octanol–water partition coefficient (Wildman–Crippen LogP) is 7.17. The van der Waals surface area contributed by atoms with Gasteiger partial charge in [0.05, 0.1) is 12.6 Å². The van der Waals surface area contributed by atoms with Gasteiger partial charge in [0.2, 0.25) is 0 Å². The third-order valence-corrected chi connectivity index (χ3v) is 6.05. The predicted molar refractivity (Wildman–Crippen MR) is 129 cm³/mol. The molecule has 0 unspecified atom stereocenters. The maximum atomic E-state index is 6.53. The summed E-state index contributed by atoms with van der Waals surface area (Å²) in [5, 5.41) is 3.68. The largest absolute Gasteiger partial charge is 0.497 e. The van der Waals surface area contributed by atoms with Gasteiger partial charge < -0.3 is 14.8 Å². The van der Waals surface area contributed by atoms with Crippen LogP contribution in [0.1, 0.15) is 43.0 Å². The molecule has 2 heterocycles. The van der Waals surface area contributed by atoms with Crippen molar-refractivity contribution in [1.29, 1.82) is 0 Å². The Labute approximate surface area is 184 Å². The average Bonchev–Trinajstić information content (AvgIpc) is 2.73. The van der Waals surface area contributed by atoms with Gasteiger partial charge in [-0.15, -0.1) is 0 Å². The van der Waals surface area contributed by atoms with E-state index in [0.29, 0.717) is 0 Å². The van der Waals surface area contributed by atoms with E-state index in [1.54, 1.807) is 7.11 Å². The van der Waals surface area contributed by atoms with E-state index in [0.717, 1.165) is 45.2 Å². The summed E-state index contributed by atoms with van der Waals surface area (Å²) >= 11 is 0. The second-order valence-corrected chi connectivity index (χ2v) is 8.91. The summed E-state index contributed by atoms with van der Waals surface area (Å²) in [6, 6.07) is 18.8. The lowest BCUT2D eigenvalue weighted by atomic mass is 9.83. The van der Waals surface area contributed by atoms with Crippen LogP contribution in [0.15, 0.2) is 60.7 Å². The molecule has 5 rings (SSSR count). The SMILES string of the molecule is COc1ccc2c(c1)-c1ccc3c(c1C(=Cc1ccccc1C)O2)C(C)=CC(C)(C)N3. The van der Waals surface area contributed by atoms with Crippen molar-refractivity contribution in [2.45, 2.75) is 33.2 Å². The maximum Gasteiger partial charge on any atom is 0.136 e. The molecule has 2 aliphatic rings. The van der Waals surface area contributed by atoms with Gasteiger partial charge in [0.15, 0.2) is 0 Å². The summed E-state index contributed by atoms with van der Waals surface area (Å²) in [5.41, 5.74) is 9.20. The highest BCUT2D eigenvalue weighted by Crippen LogP contribution is 2.50. The summed E-state index contributed by atoms with van der Waals surface area (Å²) in [6.07, 6.45) is 4.46. The van der Waals surface area contributed by atoms with Crippen LogP contribution in [-0.2, 0) is 0 Å². The van der Waals surface area contributed by atoms with Gasteiger partial charge in [0, 0.05) is 22.4 Å². The van der Waals surface area contributed by atoms with Crippen LogP contribution in [0.4, 0.5) is 5.69 Å². The Hall–Kier alpha value is -3.46. The van der Waals surface area contributed by atoms with E-state index < -0.39 is 0 Å². The first-order valence-electron chi connectivity index (χ1n) is 10.7. The number of hydrogen-bond acceptors (Lipinski definition) is 3. The van der Waals surface area contributed by atoms with E-state index in [-0.39, 0.29) is 5.54 Å². The first kappa shape index (κ1) is 19.5. The van der Waals surface area contributed by atoms with Crippen LogP contribution in [0.5, 0.6) is 11.5 Å². The molecule has 0 radical (unpaired) electrons. The van der Waals surface area contributed by atoms with Crippen molar-refractivity contribution in [2.24, 2.45) is 0 Å². The van der Waals surface area contributed by atoms with Gasteiger partial charge >= 0.3 is 0 Å². The highest BCUT2D eigenvalue weighted by Gasteiger charge is 2.31. The van der Waals surface area contributed by atoms with Crippen LogP contribution in [0.3, 0.4) is 0 Å². The standard InChI is InChI=1S/C28H27NO2/c1-17-8-6-7-9-19(17)14-25-27-21(22-15-20(30-5)10-13-24(22)31-25)11-12-23-26(27)18(2)16-28(3,4)29-23/h6-16,29H,1-5H3. The summed E-state index contributed by atoms with van der Waals surface area (Å²) in [6.45, 7) is 8.71. The molecule has 3 nitrogen and oxygen atoms in total. The third kappa shape index (κ3) is 3.31. The fourth-order valence-corrected chi connectivity index (χ4v) is 4.69. The molecular weight excluding hydrogens is 382 g/mol. The molecule has 0 saturated heterocycles. The van der Waals surface area contributed by atoms with Crippen LogP contribution in [0.25, 0.3) is 28.5 Å². The van der Waals surface area contributed by atoms with Gasteiger partial charge in [-0.2, -0.15) is 0 Å². The molecule has 0 aliphatic carbocycles. The summed E-state index contributed by atoms with van der Waals surface area (Å²) < 4.78 is 12.0. The number of ether oxygens (including phenoxy) is 2. The Morgan fingerprint density at radius 1 is 0.935 bits per heavy atom. The smallest absolute Gasteiger partial charge is 0.136 e. The number of rotatable bonds is 2. The number of fused-ring (bicyclic) bond motifs is 5. The molecule has 0 amide bonds. The van der Waals surface area contributed by atoms with Crippen molar-refractivity contribution in [2.75, 3.05) is 12.4 Å². The zero-order chi connectivity index (χ0) is 21.8. The van der Waals surface area contributed by atoms with E-state index >= 15 is 0 Å². The van der Waals surface area contributed by atoms with Crippen LogP contribution >= 0.6 is 0 Å². The van der Waals surface area contributed by atoms with Crippen molar-refractivity contribution in [3.05, 3.63) is 82.9 Å². The lowest BCUT2D eigenvalue weighted by molar-refractivity contribution is 0.413. The van der Waals surface area contributed by atoms with Crippen molar-refractivity contribution in [3.8, 4) is 22.6 Å². The van der Waals surface area contributed by atoms with Crippen molar-refractivity contribution < 1.29 is 9.47 Å². The summed E-state index contributed by atoms with van der Waals surface area (Å²) in [4.78, 5) is 0. The molecule has 3 aromatic rings. The molecule has 1 N–H and O–H groups in total. The minimum absolute atomic E-state index is 0.0954. The quantitative estimate of drug-likeness (QED) is 0.487. The van der Waals surface area contributed by atoms with Crippen LogP contribution in [0.2, 0.25) is 0 Å². The number of allylic oxidation sites excluding steroid dienone is 1. The molecule has 2 aliphatic heterocycles. The number of methoxy groups -OCH3 is 1. The highest BCUT2D eigenvalue weighted by molar-refractivity contribution is 6.00. The molecule has 156 valence electrons. The molecule has 0 atom stereocenters. The number of hydrogen-bond donors (Lipinski definition) is 1. The van der Waals surface area contributed by atoms with Crippen molar-refractivity contribution in [1.82, 2.24) is 0 Å². The average molecular weight is 410 g/mol. The van der Waals surface area contributed by atoms with Gasteiger partial charge in [-0.3, -0.25) is 0 Å². The lowest BCUT2D eigenvalue weighted by Gasteiger charge is -2.35. The summed E-state index contributed by atoms with van der Waals surface area (Å²) in [7, 11) is 1.70. The maximum absolute atomic E-state index is 6.53. The van der Waals surface area contributed by atoms with Gasteiger partial charge in [0.25, 0.3) is 0 Å². The Morgan fingerprint density at radius 2 is 1.74 bits per heavy atom. The second kappa shape index (κ2) is 7.05. The van der Waals surface area contributed by atoms with Crippen molar-refractivity contribution >= 4 is 23.1 Å². The molecular formula is C28H27NO2. The Morgan fingerprint density at radius 3 is 2.52 bits per heavy atom. The number of nitrogens with one attached hydrogen (secondary N) is 1. The zero-order valence-electron chi connectivity index (χ0n) is 18.7. The Balaban J connectivity index is 1.81. The van der Waals surface area contributed by atoms with Gasteiger partial charge in [-0.1, -0.05) is 36.4 Å². The van der Waals surface area contributed by atoms with Crippen molar-refractivity contribution in [3.63, 3.8) is 0 Å². The first-order chi connectivity index (χ1) is 14.9. The molecule has 3 aromatic carbocycles.